The molecule has 1 nitrogen and oxygen atoms in total. The van der Waals surface area contributed by atoms with Crippen molar-refractivity contribution in [3.8, 4) is 0 Å². The molecule has 0 aromatic rings. The van der Waals surface area contributed by atoms with E-state index in [-0.39, 0.29) is 5.60 Å². The summed E-state index contributed by atoms with van der Waals surface area (Å²) >= 11 is 0. The summed E-state index contributed by atoms with van der Waals surface area (Å²) in [6.07, 6.45) is 8.29. The molecule has 0 aliphatic heterocycles. The van der Waals surface area contributed by atoms with E-state index in [4.69, 9.17) is 0 Å². The summed E-state index contributed by atoms with van der Waals surface area (Å²) in [4.78, 5) is 0. The SMILES string of the molecule is CCCC(C)C1(O)CCCC(CC(C)C)C1. The van der Waals surface area contributed by atoms with Crippen molar-refractivity contribution in [2.24, 2.45) is 17.8 Å². The Kier molecular flexibility index (Phi) is 5.30. The van der Waals surface area contributed by atoms with E-state index < -0.39 is 0 Å². The van der Waals surface area contributed by atoms with Crippen molar-refractivity contribution in [3.05, 3.63) is 0 Å². The first kappa shape index (κ1) is 14.0. The summed E-state index contributed by atoms with van der Waals surface area (Å²) in [6, 6.07) is 0. The summed E-state index contributed by atoms with van der Waals surface area (Å²) in [5, 5.41) is 10.8. The van der Waals surface area contributed by atoms with Gasteiger partial charge in [0.15, 0.2) is 0 Å². The van der Waals surface area contributed by atoms with Crippen LogP contribution in [0.2, 0.25) is 0 Å². The second kappa shape index (κ2) is 6.05. The topological polar surface area (TPSA) is 20.2 Å². The fourth-order valence-corrected chi connectivity index (χ4v) is 3.42. The molecule has 0 aromatic heterocycles. The Labute approximate surface area is 102 Å². The van der Waals surface area contributed by atoms with Gasteiger partial charge in [-0.1, -0.05) is 47.0 Å². The molecule has 0 aromatic carbocycles. The lowest BCUT2D eigenvalue weighted by Crippen LogP contribution is -2.41. The molecule has 1 aliphatic carbocycles. The van der Waals surface area contributed by atoms with Crippen molar-refractivity contribution in [1.82, 2.24) is 0 Å². The quantitative estimate of drug-likeness (QED) is 0.737. The monoisotopic (exact) mass is 226 g/mol. The molecule has 3 atom stereocenters. The molecule has 1 N–H and O–H groups in total. The first-order valence-electron chi connectivity index (χ1n) is 7.20. The molecule has 0 saturated heterocycles. The molecule has 3 unspecified atom stereocenters. The van der Waals surface area contributed by atoms with Gasteiger partial charge in [0.25, 0.3) is 0 Å². The van der Waals surface area contributed by atoms with E-state index in [1.165, 1.54) is 32.1 Å². The maximum absolute atomic E-state index is 10.8. The summed E-state index contributed by atoms with van der Waals surface area (Å²) in [6.45, 7) is 9.04. The second-order valence-electron chi connectivity index (χ2n) is 6.39. The molecule has 1 fully saturated rings. The van der Waals surface area contributed by atoms with Crippen LogP contribution < -0.4 is 0 Å². The van der Waals surface area contributed by atoms with Crippen molar-refractivity contribution in [2.75, 3.05) is 0 Å². The summed E-state index contributed by atoms with van der Waals surface area (Å²) in [7, 11) is 0. The molecule has 96 valence electrons. The third-order valence-electron chi connectivity index (χ3n) is 4.31. The van der Waals surface area contributed by atoms with Gasteiger partial charge in [0, 0.05) is 0 Å². The number of rotatable bonds is 5. The van der Waals surface area contributed by atoms with Crippen molar-refractivity contribution >= 4 is 0 Å². The fourth-order valence-electron chi connectivity index (χ4n) is 3.42. The van der Waals surface area contributed by atoms with E-state index in [0.29, 0.717) is 5.92 Å². The summed E-state index contributed by atoms with van der Waals surface area (Å²) < 4.78 is 0. The van der Waals surface area contributed by atoms with Gasteiger partial charge in [-0.15, -0.1) is 0 Å². The highest BCUT2D eigenvalue weighted by Crippen LogP contribution is 2.41. The maximum Gasteiger partial charge on any atom is 0.0675 e. The van der Waals surface area contributed by atoms with Gasteiger partial charge in [0.1, 0.15) is 0 Å². The molecule has 0 radical (unpaired) electrons. The normalized spacial score (nSPS) is 33.0. The standard InChI is InChI=1S/C15H30O/c1-5-7-13(4)15(16)9-6-8-14(11-15)10-12(2)3/h12-14,16H,5-11H2,1-4H3. The molecule has 1 rings (SSSR count). The minimum Gasteiger partial charge on any atom is -0.390 e. The molecule has 1 heteroatoms. The zero-order valence-corrected chi connectivity index (χ0v) is 11.6. The van der Waals surface area contributed by atoms with Crippen LogP contribution >= 0.6 is 0 Å². The zero-order chi connectivity index (χ0) is 12.2. The molecule has 0 bridgehead atoms. The van der Waals surface area contributed by atoms with Crippen LogP contribution in [0.4, 0.5) is 0 Å². The van der Waals surface area contributed by atoms with E-state index in [1.807, 2.05) is 0 Å². The van der Waals surface area contributed by atoms with Gasteiger partial charge in [-0.3, -0.25) is 0 Å². The average Bonchev–Trinajstić information content (AvgIpc) is 2.17. The van der Waals surface area contributed by atoms with E-state index in [1.54, 1.807) is 0 Å². The Hall–Kier alpha value is -0.0400. The number of hydrogen-bond acceptors (Lipinski definition) is 1. The average molecular weight is 226 g/mol. The smallest absolute Gasteiger partial charge is 0.0675 e. The number of aliphatic hydroxyl groups is 1. The molecular formula is C15H30O. The predicted molar refractivity (Wildman–Crippen MR) is 70.4 cm³/mol. The first-order chi connectivity index (χ1) is 7.48. The van der Waals surface area contributed by atoms with Crippen LogP contribution in [0.1, 0.15) is 72.6 Å². The van der Waals surface area contributed by atoms with Gasteiger partial charge in [0.05, 0.1) is 5.60 Å². The Morgan fingerprint density at radius 3 is 2.56 bits per heavy atom. The number of hydrogen-bond donors (Lipinski definition) is 1. The second-order valence-corrected chi connectivity index (χ2v) is 6.39. The lowest BCUT2D eigenvalue weighted by molar-refractivity contribution is -0.0645. The van der Waals surface area contributed by atoms with Crippen LogP contribution in [0.15, 0.2) is 0 Å². The van der Waals surface area contributed by atoms with Gasteiger partial charge in [0.2, 0.25) is 0 Å². The zero-order valence-electron chi connectivity index (χ0n) is 11.6. The Balaban J connectivity index is 2.53. The van der Waals surface area contributed by atoms with Gasteiger partial charge < -0.3 is 5.11 Å². The van der Waals surface area contributed by atoms with Crippen LogP contribution in [0.25, 0.3) is 0 Å². The van der Waals surface area contributed by atoms with E-state index >= 15 is 0 Å². The van der Waals surface area contributed by atoms with Gasteiger partial charge >= 0.3 is 0 Å². The van der Waals surface area contributed by atoms with Gasteiger partial charge in [-0.25, -0.2) is 0 Å². The van der Waals surface area contributed by atoms with Crippen molar-refractivity contribution in [1.29, 1.82) is 0 Å². The highest BCUT2D eigenvalue weighted by Gasteiger charge is 2.38. The lowest BCUT2D eigenvalue weighted by Gasteiger charge is -2.41. The van der Waals surface area contributed by atoms with E-state index in [9.17, 15) is 5.11 Å². The first-order valence-corrected chi connectivity index (χ1v) is 7.20. The van der Waals surface area contributed by atoms with Crippen molar-refractivity contribution in [3.63, 3.8) is 0 Å². The Morgan fingerprint density at radius 1 is 1.31 bits per heavy atom. The minimum absolute atomic E-state index is 0.353. The highest BCUT2D eigenvalue weighted by molar-refractivity contribution is 4.90. The predicted octanol–water partition coefficient (Wildman–Crippen LogP) is 4.39. The van der Waals surface area contributed by atoms with Gasteiger partial charge in [-0.05, 0) is 43.4 Å². The third-order valence-corrected chi connectivity index (χ3v) is 4.31. The maximum atomic E-state index is 10.8. The van der Waals surface area contributed by atoms with Gasteiger partial charge in [-0.2, -0.15) is 0 Å². The summed E-state index contributed by atoms with van der Waals surface area (Å²) in [5.74, 6) is 2.01. The molecule has 1 saturated carbocycles. The lowest BCUT2D eigenvalue weighted by atomic mass is 9.69. The summed E-state index contributed by atoms with van der Waals surface area (Å²) in [5.41, 5.74) is -0.353. The van der Waals surface area contributed by atoms with Crippen molar-refractivity contribution in [2.45, 2.75) is 78.2 Å². The Morgan fingerprint density at radius 2 is 2.00 bits per heavy atom. The third kappa shape index (κ3) is 3.76. The molecule has 16 heavy (non-hydrogen) atoms. The van der Waals surface area contributed by atoms with Crippen molar-refractivity contribution < 1.29 is 5.11 Å². The van der Waals surface area contributed by atoms with Crippen LogP contribution in [0.5, 0.6) is 0 Å². The minimum atomic E-state index is -0.353. The molecule has 0 heterocycles. The van der Waals surface area contributed by atoms with E-state index in [2.05, 4.69) is 27.7 Å². The Bertz CT molecular complexity index is 200. The van der Waals surface area contributed by atoms with Crippen LogP contribution in [0, 0.1) is 17.8 Å². The molecular weight excluding hydrogens is 196 g/mol. The fraction of sp³-hybridized carbons (Fsp3) is 1.00. The molecule has 0 spiro atoms. The van der Waals surface area contributed by atoms with Crippen LogP contribution in [0.3, 0.4) is 0 Å². The van der Waals surface area contributed by atoms with E-state index in [0.717, 1.165) is 24.7 Å². The highest BCUT2D eigenvalue weighted by atomic mass is 16.3. The molecule has 0 amide bonds. The molecule has 1 aliphatic rings. The van der Waals surface area contributed by atoms with Crippen LogP contribution in [-0.4, -0.2) is 10.7 Å². The van der Waals surface area contributed by atoms with Crippen LogP contribution in [-0.2, 0) is 0 Å². The largest absolute Gasteiger partial charge is 0.390 e.